The lowest BCUT2D eigenvalue weighted by Crippen LogP contribution is -2.43. The van der Waals surface area contributed by atoms with E-state index in [9.17, 15) is 5.11 Å². The average molecular weight is 491 g/mol. The second kappa shape index (κ2) is 12.3. The van der Waals surface area contributed by atoms with Crippen LogP contribution in [0.2, 0.25) is 0 Å². The molecule has 0 amide bonds. The third-order valence-electron chi connectivity index (χ3n) is 5.14. The number of guanidine groups is 1. The Morgan fingerprint density at radius 1 is 1.22 bits per heavy atom. The molecule has 1 aliphatic rings. The van der Waals surface area contributed by atoms with Crippen LogP contribution in [-0.4, -0.2) is 45.0 Å². The number of nitrogens with one attached hydrogen (secondary N) is 2. The normalized spacial score (nSPS) is 15.9. The maximum absolute atomic E-state index is 9.91. The van der Waals surface area contributed by atoms with Gasteiger partial charge in [-0.3, -0.25) is 0 Å². The number of phenolic OH excluding ortho intramolecular Hbond substituents is 1. The Bertz CT molecular complexity index is 590. The number of aromatic hydroxyl groups is 1. The fraction of sp³-hybridized carbons (Fsp3) is 0.650. The summed E-state index contributed by atoms with van der Waals surface area (Å²) in [6, 6.07) is 5.38. The summed E-state index contributed by atoms with van der Waals surface area (Å²) < 4.78 is 10.4. The molecule has 0 atom stereocenters. The van der Waals surface area contributed by atoms with Crippen molar-refractivity contribution in [3.63, 3.8) is 0 Å². The number of aliphatic imine (C=N–C) groups is 1. The summed E-state index contributed by atoms with van der Waals surface area (Å²) in [5.41, 5.74) is 1.25. The molecule has 0 heterocycles. The lowest BCUT2D eigenvalue weighted by molar-refractivity contribution is 0.138. The van der Waals surface area contributed by atoms with Gasteiger partial charge in [0, 0.05) is 26.8 Å². The number of nitrogens with zero attached hydrogens (tertiary/aromatic N) is 1. The molecule has 1 aliphatic carbocycles. The summed E-state index contributed by atoms with van der Waals surface area (Å²) in [6.07, 6.45) is 6.17. The van der Waals surface area contributed by atoms with Crippen LogP contribution in [0.15, 0.2) is 23.2 Å². The number of phenols is 1. The molecule has 0 radical (unpaired) electrons. The van der Waals surface area contributed by atoms with E-state index in [0.29, 0.717) is 17.7 Å². The predicted octanol–water partition coefficient (Wildman–Crippen LogP) is 3.67. The van der Waals surface area contributed by atoms with Crippen LogP contribution in [0.3, 0.4) is 0 Å². The lowest BCUT2D eigenvalue weighted by atomic mass is 9.83. The number of hydrogen-bond acceptors (Lipinski definition) is 4. The van der Waals surface area contributed by atoms with Crippen molar-refractivity contribution < 1.29 is 14.6 Å². The molecule has 0 bridgehead atoms. The highest BCUT2D eigenvalue weighted by atomic mass is 127. The van der Waals surface area contributed by atoms with Crippen LogP contribution in [0.25, 0.3) is 0 Å². The molecule has 6 nitrogen and oxygen atoms in total. The Morgan fingerprint density at radius 3 is 2.56 bits per heavy atom. The Balaban J connectivity index is 0.00000364. The van der Waals surface area contributed by atoms with E-state index < -0.39 is 0 Å². The number of benzene rings is 1. The molecular formula is C20H34IN3O3. The first kappa shape index (κ1) is 23.8. The maximum Gasteiger partial charge on any atom is 0.191 e. The predicted molar refractivity (Wildman–Crippen MR) is 120 cm³/mol. The molecule has 0 aromatic heterocycles. The molecule has 1 fully saturated rings. The van der Waals surface area contributed by atoms with Gasteiger partial charge in [0.2, 0.25) is 0 Å². The van der Waals surface area contributed by atoms with E-state index >= 15 is 0 Å². The molecule has 1 saturated carbocycles. The fourth-order valence-corrected chi connectivity index (χ4v) is 3.58. The van der Waals surface area contributed by atoms with Crippen molar-refractivity contribution >= 4 is 29.9 Å². The Kier molecular flexibility index (Phi) is 10.8. The smallest absolute Gasteiger partial charge is 0.191 e. The topological polar surface area (TPSA) is 75.1 Å². The van der Waals surface area contributed by atoms with E-state index in [0.717, 1.165) is 37.6 Å². The number of rotatable bonds is 9. The van der Waals surface area contributed by atoms with Gasteiger partial charge < -0.3 is 25.2 Å². The minimum atomic E-state index is 0. The first-order valence-electron chi connectivity index (χ1n) is 9.49. The zero-order valence-electron chi connectivity index (χ0n) is 16.7. The second-order valence-electron chi connectivity index (χ2n) is 7.00. The van der Waals surface area contributed by atoms with Gasteiger partial charge in [-0.15, -0.1) is 24.0 Å². The van der Waals surface area contributed by atoms with Gasteiger partial charge in [-0.25, -0.2) is 4.99 Å². The first-order valence-corrected chi connectivity index (χ1v) is 9.49. The second-order valence-corrected chi connectivity index (χ2v) is 7.00. The van der Waals surface area contributed by atoms with Crippen molar-refractivity contribution in [3.8, 4) is 11.5 Å². The molecule has 0 aliphatic heterocycles. The van der Waals surface area contributed by atoms with E-state index in [-0.39, 0.29) is 29.7 Å². The molecule has 1 aromatic rings. The van der Waals surface area contributed by atoms with Crippen LogP contribution in [0.1, 0.15) is 44.6 Å². The van der Waals surface area contributed by atoms with E-state index in [1.807, 2.05) is 6.07 Å². The lowest BCUT2D eigenvalue weighted by Gasteiger charge is -2.30. The fourth-order valence-electron chi connectivity index (χ4n) is 3.58. The van der Waals surface area contributed by atoms with E-state index in [2.05, 4.69) is 22.5 Å². The minimum Gasteiger partial charge on any atom is -0.504 e. The monoisotopic (exact) mass is 491 g/mol. The van der Waals surface area contributed by atoms with Gasteiger partial charge >= 0.3 is 0 Å². The molecule has 3 N–H and O–H groups in total. The van der Waals surface area contributed by atoms with Gasteiger partial charge in [0.25, 0.3) is 0 Å². The van der Waals surface area contributed by atoms with E-state index in [1.165, 1.54) is 25.7 Å². The van der Waals surface area contributed by atoms with Gasteiger partial charge in [0.15, 0.2) is 17.5 Å². The highest BCUT2D eigenvalue weighted by Crippen LogP contribution is 2.40. The van der Waals surface area contributed by atoms with Gasteiger partial charge in [-0.2, -0.15) is 0 Å². The molecule has 7 heteroatoms. The van der Waals surface area contributed by atoms with Gasteiger partial charge in [-0.05, 0) is 49.3 Å². The Labute approximate surface area is 180 Å². The number of methoxy groups -OCH3 is 2. The third kappa shape index (κ3) is 7.37. The summed E-state index contributed by atoms with van der Waals surface area (Å²) in [5, 5.41) is 16.7. The van der Waals surface area contributed by atoms with Crippen molar-refractivity contribution in [3.05, 3.63) is 23.8 Å². The van der Waals surface area contributed by atoms with Crippen molar-refractivity contribution in [2.24, 2.45) is 10.4 Å². The quantitative estimate of drug-likeness (QED) is 0.279. The van der Waals surface area contributed by atoms with Gasteiger partial charge in [-0.1, -0.05) is 18.9 Å². The summed E-state index contributed by atoms with van der Waals surface area (Å²) >= 11 is 0. The zero-order valence-corrected chi connectivity index (χ0v) is 19.0. The van der Waals surface area contributed by atoms with Crippen molar-refractivity contribution in [2.75, 3.05) is 33.9 Å². The Hall–Kier alpha value is -1.22. The first-order chi connectivity index (χ1) is 12.6. The maximum atomic E-state index is 9.91. The van der Waals surface area contributed by atoms with Crippen LogP contribution >= 0.6 is 24.0 Å². The highest BCUT2D eigenvalue weighted by molar-refractivity contribution is 14.0. The van der Waals surface area contributed by atoms with Crippen LogP contribution < -0.4 is 15.4 Å². The molecule has 0 saturated heterocycles. The van der Waals surface area contributed by atoms with Crippen molar-refractivity contribution in [1.82, 2.24) is 10.6 Å². The van der Waals surface area contributed by atoms with Crippen molar-refractivity contribution in [1.29, 1.82) is 0 Å². The summed E-state index contributed by atoms with van der Waals surface area (Å²) in [6.45, 7) is 5.09. The largest absolute Gasteiger partial charge is 0.504 e. The summed E-state index contributed by atoms with van der Waals surface area (Å²) in [7, 11) is 3.31. The minimum absolute atomic E-state index is 0. The van der Waals surface area contributed by atoms with Crippen LogP contribution in [-0.2, 0) is 11.3 Å². The highest BCUT2D eigenvalue weighted by Gasteiger charge is 2.33. The van der Waals surface area contributed by atoms with Crippen LogP contribution in [0.5, 0.6) is 11.5 Å². The summed E-state index contributed by atoms with van der Waals surface area (Å²) in [5.74, 6) is 1.43. The van der Waals surface area contributed by atoms with Gasteiger partial charge in [0.05, 0.1) is 13.7 Å². The van der Waals surface area contributed by atoms with Gasteiger partial charge in [0.1, 0.15) is 0 Å². The molecule has 27 heavy (non-hydrogen) atoms. The zero-order chi connectivity index (χ0) is 18.8. The van der Waals surface area contributed by atoms with E-state index in [1.54, 1.807) is 26.4 Å². The molecular weight excluding hydrogens is 457 g/mol. The average Bonchev–Trinajstić information content (AvgIpc) is 3.11. The van der Waals surface area contributed by atoms with Crippen LogP contribution in [0, 0.1) is 5.41 Å². The van der Waals surface area contributed by atoms with E-state index in [4.69, 9.17) is 9.47 Å². The van der Waals surface area contributed by atoms with Crippen LogP contribution in [0.4, 0.5) is 0 Å². The third-order valence-corrected chi connectivity index (χ3v) is 5.14. The molecule has 0 unspecified atom stereocenters. The molecule has 154 valence electrons. The number of ether oxygens (including phenoxy) is 2. The number of halogens is 1. The van der Waals surface area contributed by atoms with Crippen molar-refractivity contribution in [2.45, 2.75) is 45.6 Å². The number of hydrogen-bond donors (Lipinski definition) is 3. The molecule has 1 aromatic carbocycles. The summed E-state index contributed by atoms with van der Waals surface area (Å²) in [4.78, 5) is 4.66. The standard InChI is InChI=1S/C20H33N3O3.HI/c1-4-21-19(22-14-16-7-8-18(26-3)17(24)13-16)23-15-20(11-12-25-2)9-5-6-10-20;/h7-8,13,24H,4-6,9-12,14-15H2,1-3H3,(H2,21,22,23);1H. The SMILES string of the molecule is CCNC(=NCc1ccc(OC)c(O)c1)NCC1(CCOC)CCCC1.I. The molecule has 0 spiro atoms. The molecule has 2 rings (SSSR count). The Morgan fingerprint density at radius 2 is 1.96 bits per heavy atom.